The van der Waals surface area contributed by atoms with Gasteiger partial charge < -0.3 is 4.55 Å². The van der Waals surface area contributed by atoms with Gasteiger partial charge >= 0.3 is 0 Å². The summed E-state index contributed by atoms with van der Waals surface area (Å²) in [6, 6.07) is 4.54. The van der Waals surface area contributed by atoms with E-state index in [-0.39, 0.29) is 17.2 Å². The Kier molecular flexibility index (Phi) is 3.84. The molecule has 0 spiro atoms. The first kappa shape index (κ1) is 10.6. The topological polar surface area (TPSA) is 40.1 Å². The molecule has 72 valence electrons. The number of rotatable bonds is 3. The summed E-state index contributed by atoms with van der Waals surface area (Å²) in [5, 5.41) is 0.0224. The molecule has 2 nitrogen and oxygen atoms in total. The Morgan fingerprint density at radius 1 is 1.54 bits per heavy atom. The number of hydrogen-bond donors (Lipinski definition) is 0. The summed E-state index contributed by atoms with van der Waals surface area (Å²) in [6.07, 6.45) is 0.155. The van der Waals surface area contributed by atoms with E-state index in [9.17, 15) is 13.2 Å². The van der Waals surface area contributed by atoms with E-state index in [4.69, 9.17) is 11.6 Å². The summed E-state index contributed by atoms with van der Waals surface area (Å²) in [5.41, 5.74) is 0.330. The van der Waals surface area contributed by atoms with Crippen LogP contribution in [0.4, 0.5) is 4.39 Å². The van der Waals surface area contributed by atoms with Crippen LogP contribution in [-0.2, 0) is 17.5 Å². The average Bonchev–Trinajstić information content (AvgIpc) is 2.07. The number of hydrogen-bond acceptors (Lipinski definition) is 2. The van der Waals surface area contributed by atoms with Gasteiger partial charge in [0.1, 0.15) is 5.82 Å². The van der Waals surface area contributed by atoms with Gasteiger partial charge in [-0.2, -0.15) is 0 Å². The van der Waals surface area contributed by atoms with E-state index >= 15 is 0 Å². The lowest BCUT2D eigenvalue weighted by Crippen LogP contribution is -2.01. The van der Waals surface area contributed by atoms with Crippen LogP contribution in [0.15, 0.2) is 18.2 Å². The summed E-state index contributed by atoms with van der Waals surface area (Å²) in [7, 11) is 0. The predicted octanol–water partition coefficient (Wildman–Crippen LogP) is 1.90. The van der Waals surface area contributed by atoms with E-state index in [0.29, 0.717) is 5.56 Å². The number of aryl methyl sites for hydroxylation is 1. The van der Waals surface area contributed by atoms with Crippen molar-refractivity contribution in [1.29, 1.82) is 0 Å². The van der Waals surface area contributed by atoms with E-state index in [1.807, 2.05) is 0 Å². The predicted molar refractivity (Wildman–Crippen MR) is 48.9 cm³/mol. The summed E-state index contributed by atoms with van der Waals surface area (Å²) >= 11 is 3.36. The highest BCUT2D eigenvalue weighted by molar-refractivity contribution is 7.79. The molecule has 0 amide bonds. The Morgan fingerprint density at radius 3 is 2.85 bits per heavy atom. The van der Waals surface area contributed by atoms with Crippen molar-refractivity contribution in [3.63, 3.8) is 0 Å². The molecule has 0 N–H and O–H groups in total. The Balaban J connectivity index is 2.77. The molecule has 0 radical (unpaired) electrons. The normalized spacial score (nSPS) is 12.8. The van der Waals surface area contributed by atoms with Crippen molar-refractivity contribution in [3.8, 4) is 0 Å². The fraction of sp³-hybridized carbons (Fsp3) is 0.250. The van der Waals surface area contributed by atoms with Crippen molar-refractivity contribution in [3.05, 3.63) is 34.6 Å². The Bertz CT molecular complexity index is 330. The summed E-state index contributed by atoms with van der Waals surface area (Å²) in [6.45, 7) is 0. The van der Waals surface area contributed by atoms with Gasteiger partial charge in [0.05, 0.1) is 5.02 Å². The molecule has 0 saturated heterocycles. The quantitative estimate of drug-likeness (QED) is 0.732. The van der Waals surface area contributed by atoms with Gasteiger partial charge in [0.2, 0.25) is 0 Å². The Hall–Kier alpha value is -0.450. The van der Waals surface area contributed by atoms with Crippen LogP contribution in [-0.4, -0.2) is 14.5 Å². The molecular formula is C8H7ClFO2S-. The summed E-state index contributed by atoms with van der Waals surface area (Å²) in [5.74, 6) is -0.619. The van der Waals surface area contributed by atoms with Crippen LogP contribution in [0.3, 0.4) is 0 Å². The summed E-state index contributed by atoms with van der Waals surface area (Å²) < 4.78 is 33.5. The maximum Gasteiger partial charge on any atom is 0.144 e. The van der Waals surface area contributed by atoms with Crippen molar-refractivity contribution in [2.45, 2.75) is 6.42 Å². The first-order valence-corrected chi connectivity index (χ1v) is 5.22. The second-order valence-electron chi connectivity index (χ2n) is 2.47. The fourth-order valence-corrected chi connectivity index (χ4v) is 1.52. The third kappa shape index (κ3) is 3.06. The van der Waals surface area contributed by atoms with Gasteiger partial charge in [0, 0.05) is 5.75 Å². The fourth-order valence-electron chi connectivity index (χ4n) is 0.935. The summed E-state index contributed by atoms with van der Waals surface area (Å²) in [4.78, 5) is 0. The van der Waals surface area contributed by atoms with Crippen molar-refractivity contribution < 1.29 is 13.2 Å². The number of halogens is 2. The Morgan fingerprint density at radius 2 is 2.23 bits per heavy atom. The number of benzene rings is 1. The highest BCUT2D eigenvalue weighted by atomic mass is 35.5. The van der Waals surface area contributed by atoms with E-state index < -0.39 is 16.9 Å². The highest BCUT2D eigenvalue weighted by Crippen LogP contribution is 2.18. The van der Waals surface area contributed by atoms with Gasteiger partial charge in [0.15, 0.2) is 0 Å². The van der Waals surface area contributed by atoms with Crippen LogP contribution in [0.2, 0.25) is 5.02 Å². The molecular weight excluding hydrogens is 215 g/mol. The maximum absolute atomic E-state index is 13.1. The third-order valence-electron chi connectivity index (χ3n) is 1.57. The van der Waals surface area contributed by atoms with Gasteiger partial charge in [-0.15, -0.1) is 0 Å². The molecule has 0 aliphatic carbocycles. The van der Waals surface area contributed by atoms with E-state index in [1.54, 1.807) is 6.07 Å². The zero-order chi connectivity index (χ0) is 9.84. The van der Waals surface area contributed by atoms with Gasteiger partial charge in [-0.3, -0.25) is 4.21 Å². The van der Waals surface area contributed by atoms with E-state index in [2.05, 4.69) is 0 Å². The average molecular weight is 222 g/mol. The molecule has 1 unspecified atom stereocenters. The zero-order valence-corrected chi connectivity index (χ0v) is 8.20. The maximum atomic E-state index is 13.1. The standard InChI is InChI=1S/C8H8ClFO2S/c9-7-3-1-2-6(8(7)10)4-5-13(11)12/h1-3H,4-5H2,(H,11,12)/p-1. The molecule has 0 aliphatic heterocycles. The van der Waals surface area contributed by atoms with Gasteiger partial charge in [-0.25, -0.2) is 4.39 Å². The largest absolute Gasteiger partial charge is 0.772 e. The molecule has 1 atom stereocenters. The van der Waals surface area contributed by atoms with Crippen molar-refractivity contribution in [2.24, 2.45) is 0 Å². The molecule has 0 aliphatic rings. The van der Waals surface area contributed by atoms with Crippen LogP contribution in [0.1, 0.15) is 5.56 Å². The van der Waals surface area contributed by atoms with E-state index in [1.165, 1.54) is 12.1 Å². The molecule has 0 bridgehead atoms. The SMILES string of the molecule is O=S([O-])CCc1cccc(Cl)c1F. The smallest absolute Gasteiger partial charge is 0.144 e. The lowest BCUT2D eigenvalue weighted by molar-refractivity contribution is 0.535. The molecule has 0 aromatic heterocycles. The van der Waals surface area contributed by atoms with Gasteiger partial charge in [-0.05, 0) is 18.1 Å². The first-order chi connectivity index (χ1) is 6.11. The lowest BCUT2D eigenvalue weighted by atomic mass is 10.1. The van der Waals surface area contributed by atoms with Crippen LogP contribution in [0.25, 0.3) is 0 Å². The van der Waals surface area contributed by atoms with Crippen molar-refractivity contribution in [2.75, 3.05) is 5.75 Å². The third-order valence-corrected chi connectivity index (χ3v) is 2.40. The second-order valence-corrected chi connectivity index (χ2v) is 3.89. The van der Waals surface area contributed by atoms with Gasteiger partial charge in [0.25, 0.3) is 0 Å². The molecule has 5 heteroatoms. The minimum Gasteiger partial charge on any atom is -0.772 e. The minimum absolute atomic E-state index is 0.0224. The van der Waals surface area contributed by atoms with Crippen molar-refractivity contribution >= 4 is 22.7 Å². The highest BCUT2D eigenvalue weighted by Gasteiger charge is 2.04. The molecule has 0 heterocycles. The molecule has 1 aromatic carbocycles. The Labute approximate surface area is 83.0 Å². The van der Waals surface area contributed by atoms with Crippen LogP contribution >= 0.6 is 11.6 Å². The lowest BCUT2D eigenvalue weighted by Gasteiger charge is -2.06. The molecule has 1 aromatic rings. The van der Waals surface area contributed by atoms with E-state index in [0.717, 1.165) is 0 Å². The monoisotopic (exact) mass is 221 g/mol. The van der Waals surface area contributed by atoms with Crippen LogP contribution in [0.5, 0.6) is 0 Å². The van der Waals surface area contributed by atoms with Crippen LogP contribution < -0.4 is 0 Å². The van der Waals surface area contributed by atoms with Gasteiger partial charge in [-0.1, -0.05) is 34.8 Å². The molecule has 1 rings (SSSR count). The molecule has 0 fully saturated rings. The zero-order valence-electron chi connectivity index (χ0n) is 6.63. The second kappa shape index (κ2) is 4.69. The van der Waals surface area contributed by atoms with Crippen molar-refractivity contribution in [1.82, 2.24) is 0 Å². The minimum atomic E-state index is -2.14. The molecule has 13 heavy (non-hydrogen) atoms. The first-order valence-electron chi connectivity index (χ1n) is 3.60. The van der Waals surface area contributed by atoms with Crippen LogP contribution in [0, 0.1) is 5.82 Å². The molecule has 0 saturated carbocycles.